The lowest BCUT2D eigenvalue weighted by Crippen LogP contribution is -2.05. The van der Waals surface area contributed by atoms with E-state index in [4.69, 9.17) is 10.8 Å². The number of hydrogen-bond donors (Lipinski definition) is 2. The third kappa shape index (κ3) is 3.79. The summed E-state index contributed by atoms with van der Waals surface area (Å²) in [5.41, 5.74) is 5.66. The first-order chi connectivity index (χ1) is 8.54. The SMILES string of the molecule is CCOC(=O)CC#Cc1cnc(N)c(C(=O)O)c1. The van der Waals surface area contributed by atoms with Crippen LogP contribution < -0.4 is 5.73 Å². The van der Waals surface area contributed by atoms with Gasteiger partial charge in [0.2, 0.25) is 0 Å². The minimum absolute atomic E-state index is 0.0549. The Kier molecular flexibility index (Phi) is 4.69. The second kappa shape index (κ2) is 6.25. The number of ether oxygens (including phenoxy) is 1. The van der Waals surface area contributed by atoms with E-state index in [1.807, 2.05) is 0 Å². The number of aromatic nitrogens is 1. The molecule has 0 atom stereocenters. The summed E-state index contributed by atoms with van der Waals surface area (Å²) in [7, 11) is 0. The number of pyridine rings is 1. The van der Waals surface area contributed by atoms with Crippen molar-refractivity contribution in [1.82, 2.24) is 4.98 Å². The van der Waals surface area contributed by atoms with Crippen molar-refractivity contribution < 1.29 is 19.4 Å². The van der Waals surface area contributed by atoms with E-state index in [1.165, 1.54) is 12.3 Å². The highest BCUT2D eigenvalue weighted by Crippen LogP contribution is 2.09. The largest absolute Gasteiger partial charge is 0.478 e. The molecular formula is C12H12N2O4. The fraction of sp³-hybridized carbons (Fsp3) is 0.250. The summed E-state index contributed by atoms with van der Waals surface area (Å²) in [6.07, 6.45) is 1.29. The molecule has 94 valence electrons. The van der Waals surface area contributed by atoms with Crippen molar-refractivity contribution in [3.8, 4) is 11.8 Å². The van der Waals surface area contributed by atoms with Gasteiger partial charge >= 0.3 is 11.9 Å². The zero-order valence-corrected chi connectivity index (χ0v) is 9.77. The minimum atomic E-state index is -1.17. The summed E-state index contributed by atoms with van der Waals surface area (Å²) in [4.78, 5) is 25.5. The van der Waals surface area contributed by atoms with E-state index in [0.717, 1.165) is 0 Å². The molecule has 6 heteroatoms. The van der Waals surface area contributed by atoms with Gasteiger partial charge < -0.3 is 15.6 Å². The van der Waals surface area contributed by atoms with Crippen LogP contribution in [0.25, 0.3) is 0 Å². The standard InChI is InChI=1S/C12H12N2O4/c1-2-18-10(15)5-3-4-8-6-9(12(16)17)11(13)14-7-8/h6-7H,2,5H2,1H3,(H2,13,14)(H,16,17). The number of nitrogen functional groups attached to an aromatic ring is 1. The van der Waals surface area contributed by atoms with Crippen molar-refractivity contribution in [2.24, 2.45) is 0 Å². The molecule has 0 radical (unpaired) electrons. The molecule has 1 heterocycles. The molecule has 1 aromatic rings. The number of carbonyl (C=O) groups excluding carboxylic acids is 1. The molecule has 18 heavy (non-hydrogen) atoms. The van der Waals surface area contributed by atoms with E-state index in [2.05, 4.69) is 21.6 Å². The number of hydrogen-bond acceptors (Lipinski definition) is 5. The van der Waals surface area contributed by atoms with Crippen LogP contribution in [0.5, 0.6) is 0 Å². The van der Waals surface area contributed by atoms with Crippen molar-refractivity contribution in [2.75, 3.05) is 12.3 Å². The summed E-state index contributed by atoms with van der Waals surface area (Å²) in [6.45, 7) is 2.00. The first kappa shape index (κ1) is 13.5. The van der Waals surface area contributed by atoms with Crippen molar-refractivity contribution in [3.05, 3.63) is 23.4 Å². The van der Waals surface area contributed by atoms with Gasteiger partial charge in [-0.1, -0.05) is 11.8 Å². The number of carboxylic acid groups (broad SMARTS) is 1. The van der Waals surface area contributed by atoms with E-state index in [1.54, 1.807) is 6.92 Å². The fourth-order valence-electron chi connectivity index (χ4n) is 1.15. The van der Waals surface area contributed by atoms with Gasteiger partial charge in [-0.3, -0.25) is 4.79 Å². The van der Waals surface area contributed by atoms with Crippen LogP contribution in [0, 0.1) is 11.8 Å². The third-order valence-electron chi connectivity index (χ3n) is 1.92. The molecule has 0 unspecified atom stereocenters. The van der Waals surface area contributed by atoms with Crippen LogP contribution in [-0.4, -0.2) is 28.6 Å². The van der Waals surface area contributed by atoms with Crippen molar-refractivity contribution >= 4 is 17.8 Å². The molecule has 1 aromatic heterocycles. The Labute approximate surface area is 104 Å². The molecule has 0 bridgehead atoms. The van der Waals surface area contributed by atoms with Gasteiger partial charge in [-0.25, -0.2) is 9.78 Å². The van der Waals surface area contributed by atoms with Crippen LogP contribution in [0.1, 0.15) is 29.3 Å². The predicted molar refractivity (Wildman–Crippen MR) is 63.7 cm³/mol. The van der Waals surface area contributed by atoms with Crippen molar-refractivity contribution in [1.29, 1.82) is 0 Å². The maximum Gasteiger partial charge on any atom is 0.339 e. The molecule has 0 aliphatic heterocycles. The van der Waals surface area contributed by atoms with Crippen LogP contribution >= 0.6 is 0 Å². The number of aromatic carboxylic acids is 1. The summed E-state index contributed by atoms with van der Waals surface area (Å²) in [5.74, 6) is 3.53. The molecule has 0 aromatic carbocycles. The first-order valence-electron chi connectivity index (χ1n) is 5.18. The molecular weight excluding hydrogens is 236 g/mol. The summed E-state index contributed by atoms with van der Waals surface area (Å²) in [5, 5.41) is 8.83. The number of carboxylic acids is 1. The van der Waals surface area contributed by atoms with Gasteiger partial charge in [-0.2, -0.15) is 0 Å². The number of nitrogens with zero attached hydrogens (tertiary/aromatic N) is 1. The monoisotopic (exact) mass is 248 g/mol. The molecule has 0 aliphatic carbocycles. The highest BCUT2D eigenvalue weighted by molar-refractivity contribution is 5.92. The zero-order chi connectivity index (χ0) is 13.5. The van der Waals surface area contributed by atoms with E-state index in [9.17, 15) is 9.59 Å². The number of carbonyl (C=O) groups is 2. The van der Waals surface area contributed by atoms with Crippen LogP contribution in [0.4, 0.5) is 5.82 Å². The second-order valence-electron chi connectivity index (χ2n) is 3.25. The maximum atomic E-state index is 11.0. The van der Waals surface area contributed by atoms with Crippen LogP contribution in [-0.2, 0) is 9.53 Å². The van der Waals surface area contributed by atoms with Crippen LogP contribution in [0.2, 0.25) is 0 Å². The first-order valence-corrected chi connectivity index (χ1v) is 5.18. The van der Waals surface area contributed by atoms with Gasteiger partial charge in [0.1, 0.15) is 17.8 Å². The predicted octanol–water partition coefficient (Wildman–Crippen LogP) is 0.667. The Balaban J connectivity index is 2.80. The molecule has 3 N–H and O–H groups in total. The molecule has 0 aliphatic rings. The average molecular weight is 248 g/mol. The summed E-state index contributed by atoms with van der Waals surface area (Å²) < 4.78 is 4.69. The van der Waals surface area contributed by atoms with Gasteiger partial charge in [0.05, 0.1) is 6.61 Å². The lowest BCUT2D eigenvalue weighted by Gasteiger charge is -1.99. The number of anilines is 1. The minimum Gasteiger partial charge on any atom is -0.478 e. The average Bonchev–Trinajstić information content (AvgIpc) is 2.31. The molecule has 0 fully saturated rings. The summed E-state index contributed by atoms with van der Waals surface area (Å²) >= 11 is 0. The van der Waals surface area contributed by atoms with E-state index in [-0.39, 0.29) is 17.8 Å². The van der Waals surface area contributed by atoms with Crippen molar-refractivity contribution in [2.45, 2.75) is 13.3 Å². The van der Waals surface area contributed by atoms with Crippen LogP contribution in [0.3, 0.4) is 0 Å². The smallest absolute Gasteiger partial charge is 0.339 e. The lowest BCUT2D eigenvalue weighted by atomic mass is 10.2. The van der Waals surface area contributed by atoms with Gasteiger partial charge in [0.15, 0.2) is 0 Å². The fourth-order valence-corrected chi connectivity index (χ4v) is 1.15. The number of nitrogens with two attached hydrogens (primary N) is 1. The molecule has 1 rings (SSSR count). The van der Waals surface area contributed by atoms with E-state index in [0.29, 0.717) is 12.2 Å². The van der Waals surface area contributed by atoms with Gasteiger partial charge in [-0.05, 0) is 13.0 Å². The summed E-state index contributed by atoms with van der Waals surface area (Å²) in [6, 6.07) is 1.31. The Bertz CT molecular complexity index is 529. The van der Waals surface area contributed by atoms with E-state index < -0.39 is 11.9 Å². The molecule has 0 saturated carbocycles. The van der Waals surface area contributed by atoms with Crippen molar-refractivity contribution in [3.63, 3.8) is 0 Å². The zero-order valence-electron chi connectivity index (χ0n) is 9.77. The highest BCUT2D eigenvalue weighted by Gasteiger charge is 2.08. The maximum absolute atomic E-state index is 11.0. The van der Waals surface area contributed by atoms with Gasteiger partial charge in [0.25, 0.3) is 0 Å². The normalized spacial score (nSPS) is 9.17. The third-order valence-corrected chi connectivity index (χ3v) is 1.92. The van der Waals surface area contributed by atoms with Crippen LogP contribution in [0.15, 0.2) is 12.3 Å². The Hall–Kier alpha value is -2.55. The number of esters is 1. The van der Waals surface area contributed by atoms with Gasteiger partial charge in [0, 0.05) is 11.8 Å². The van der Waals surface area contributed by atoms with Gasteiger partial charge in [-0.15, -0.1) is 0 Å². The topological polar surface area (TPSA) is 103 Å². The second-order valence-corrected chi connectivity index (χ2v) is 3.25. The molecule has 6 nitrogen and oxygen atoms in total. The Morgan fingerprint density at radius 1 is 1.56 bits per heavy atom. The lowest BCUT2D eigenvalue weighted by molar-refractivity contribution is -0.141. The van der Waals surface area contributed by atoms with E-state index >= 15 is 0 Å². The molecule has 0 saturated heterocycles. The quantitative estimate of drug-likeness (QED) is 0.602. The Morgan fingerprint density at radius 2 is 2.28 bits per heavy atom. The highest BCUT2D eigenvalue weighted by atomic mass is 16.5. The number of rotatable bonds is 3. The molecule has 0 amide bonds. The Morgan fingerprint density at radius 3 is 2.89 bits per heavy atom. The molecule has 0 spiro atoms.